The molecule has 1 amide bonds. The van der Waals surface area contributed by atoms with Crippen molar-refractivity contribution >= 4 is 28.3 Å². The molecule has 1 fully saturated rings. The van der Waals surface area contributed by atoms with Crippen LogP contribution in [0, 0.1) is 5.92 Å². The third-order valence-electron chi connectivity index (χ3n) is 3.95. The summed E-state index contributed by atoms with van der Waals surface area (Å²) in [5, 5.41) is 2.11. The summed E-state index contributed by atoms with van der Waals surface area (Å²) in [6.45, 7) is 2.21. The number of hydrogen-bond donors (Lipinski definition) is 0. The Morgan fingerprint density at radius 1 is 1.43 bits per heavy atom. The summed E-state index contributed by atoms with van der Waals surface area (Å²) in [5.74, 6) is 0.444. The first-order valence-corrected chi connectivity index (χ1v) is 7.40. The highest BCUT2D eigenvalue weighted by Crippen LogP contribution is 2.26. The molecule has 110 valence electrons. The highest BCUT2D eigenvalue weighted by atomic mass is 35.5. The van der Waals surface area contributed by atoms with Gasteiger partial charge < -0.3 is 9.64 Å². The lowest BCUT2D eigenvalue weighted by Crippen LogP contribution is -2.29. The zero-order chi connectivity index (χ0) is 14.8. The molecule has 1 aliphatic heterocycles. The average Bonchev–Trinajstić information content (AvgIpc) is 2.96. The smallest absolute Gasteiger partial charge is 0.256 e. The van der Waals surface area contributed by atoms with Crippen LogP contribution >= 0.6 is 11.6 Å². The molecule has 21 heavy (non-hydrogen) atoms. The molecule has 1 aliphatic rings. The number of carbonyl (C=O) groups excluding carboxylic acids is 1. The van der Waals surface area contributed by atoms with Crippen LogP contribution in [0.1, 0.15) is 16.8 Å². The van der Waals surface area contributed by atoms with E-state index in [1.165, 1.54) is 0 Å². The summed E-state index contributed by atoms with van der Waals surface area (Å²) in [6.07, 6.45) is 2.56. The topological polar surface area (TPSA) is 42.4 Å². The number of pyridine rings is 1. The minimum atomic E-state index is 0.0222. The molecule has 0 radical (unpaired) electrons. The Kier molecular flexibility index (Phi) is 4.08. The number of likely N-dealkylation sites (tertiary alicyclic amines) is 1. The van der Waals surface area contributed by atoms with Gasteiger partial charge in [0.2, 0.25) is 0 Å². The summed E-state index contributed by atoms with van der Waals surface area (Å²) < 4.78 is 5.18. The van der Waals surface area contributed by atoms with Crippen LogP contribution in [-0.2, 0) is 4.74 Å². The molecule has 5 heteroatoms. The molecule has 1 saturated heterocycles. The van der Waals surface area contributed by atoms with Crippen LogP contribution in [0.4, 0.5) is 0 Å². The van der Waals surface area contributed by atoms with Gasteiger partial charge in [-0.2, -0.15) is 0 Å². The molecule has 0 bridgehead atoms. The van der Waals surface area contributed by atoms with Crippen molar-refractivity contribution in [3.05, 3.63) is 41.2 Å². The average molecular weight is 305 g/mol. The van der Waals surface area contributed by atoms with Crippen LogP contribution in [0.5, 0.6) is 0 Å². The summed E-state index contributed by atoms with van der Waals surface area (Å²) in [5.41, 5.74) is 0.619. The zero-order valence-corrected chi connectivity index (χ0v) is 12.6. The number of fused-ring (bicyclic) bond motifs is 1. The first-order chi connectivity index (χ1) is 10.2. The number of rotatable bonds is 3. The van der Waals surface area contributed by atoms with Crippen LogP contribution in [0.25, 0.3) is 10.8 Å². The fraction of sp³-hybridized carbons (Fsp3) is 0.375. The van der Waals surface area contributed by atoms with Gasteiger partial charge in [0, 0.05) is 37.7 Å². The van der Waals surface area contributed by atoms with E-state index in [0.717, 1.165) is 30.3 Å². The maximum atomic E-state index is 12.7. The molecule has 1 unspecified atom stereocenters. The van der Waals surface area contributed by atoms with Crippen molar-refractivity contribution < 1.29 is 9.53 Å². The van der Waals surface area contributed by atoms with E-state index < -0.39 is 0 Å². The van der Waals surface area contributed by atoms with Gasteiger partial charge in [-0.3, -0.25) is 4.79 Å². The van der Waals surface area contributed by atoms with E-state index in [1.54, 1.807) is 13.3 Å². The molecule has 1 aromatic carbocycles. The third kappa shape index (κ3) is 2.74. The van der Waals surface area contributed by atoms with E-state index in [2.05, 4.69) is 4.98 Å². The first kappa shape index (κ1) is 14.3. The van der Waals surface area contributed by atoms with Crippen LogP contribution < -0.4 is 0 Å². The Morgan fingerprint density at radius 2 is 2.19 bits per heavy atom. The minimum absolute atomic E-state index is 0.0222. The van der Waals surface area contributed by atoms with E-state index in [-0.39, 0.29) is 5.91 Å². The second-order valence-corrected chi connectivity index (χ2v) is 5.73. The first-order valence-electron chi connectivity index (χ1n) is 7.02. The normalized spacial score (nSPS) is 18.4. The molecule has 4 nitrogen and oxygen atoms in total. The number of ether oxygens (including phenoxy) is 1. The molecular weight excluding hydrogens is 288 g/mol. The van der Waals surface area contributed by atoms with Crippen molar-refractivity contribution in [2.24, 2.45) is 5.92 Å². The van der Waals surface area contributed by atoms with Crippen molar-refractivity contribution in [1.82, 2.24) is 9.88 Å². The monoisotopic (exact) mass is 304 g/mol. The summed E-state index contributed by atoms with van der Waals surface area (Å²) in [7, 11) is 1.70. The molecule has 0 spiro atoms. The van der Waals surface area contributed by atoms with Crippen molar-refractivity contribution in [2.75, 3.05) is 26.8 Å². The van der Waals surface area contributed by atoms with Gasteiger partial charge in [-0.25, -0.2) is 4.98 Å². The quantitative estimate of drug-likeness (QED) is 0.819. The van der Waals surface area contributed by atoms with Crippen molar-refractivity contribution in [3.8, 4) is 0 Å². The van der Waals surface area contributed by atoms with Crippen LogP contribution in [0.15, 0.2) is 30.5 Å². The number of amides is 1. The number of carbonyl (C=O) groups is 1. The zero-order valence-electron chi connectivity index (χ0n) is 11.9. The molecule has 0 N–H and O–H groups in total. The van der Waals surface area contributed by atoms with Crippen molar-refractivity contribution in [2.45, 2.75) is 6.42 Å². The molecular formula is C16H17ClN2O2. The van der Waals surface area contributed by atoms with Crippen molar-refractivity contribution in [1.29, 1.82) is 0 Å². The van der Waals surface area contributed by atoms with E-state index in [4.69, 9.17) is 16.3 Å². The molecule has 2 aromatic rings. The number of methoxy groups -OCH3 is 1. The summed E-state index contributed by atoms with van der Waals surface area (Å²) >= 11 is 6.11. The van der Waals surface area contributed by atoms with Crippen LogP contribution in [0.2, 0.25) is 5.15 Å². The highest BCUT2D eigenvalue weighted by Gasteiger charge is 2.28. The molecule has 0 aliphatic carbocycles. The van der Waals surface area contributed by atoms with Crippen molar-refractivity contribution in [3.63, 3.8) is 0 Å². The Hall–Kier alpha value is -1.65. The Bertz CT molecular complexity index is 674. The fourth-order valence-corrected chi connectivity index (χ4v) is 3.10. The van der Waals surface area contributed by atoms with Gasteiger partial charge in [-0.05, 0) is 11.8 Å². The maximum Gasteiger partial charge on any atom is 0.256 e. The lowest BCUT2D eigenvalue weighted by atomic mass is 10.1. The third-order valence-corrected chi connectivity index (χ3v) is 4.25. The van der Waals surface area contributed by atoms with E-state index >= 15 is 0 Å². The standard InChI is InChI=1S/C16H17ClN2O2/c1-21-10-11-6-7-19(9-11)16(20)14-8-18-15(17)13-5-3-2-4-12(13)14/h2-5,8,11H,6-7,9-10H2,1H3. The summed E-state index contributed by atoms with van der Waals surface area (Å²) in [4.78, 5) is 18.7. The highest BCUT2D eigenvalue weighted by molar-refractivity contribution is 6.34. The number of halogens is 1. The number of hydrogen-bond acceptors (Lipinski definition) is 3. The van der Waals surface area contributed by atoms with Gasteiger partial charge in [-0.15, -0.1) is 0 Å². The van der Waals surface area contributed by atoms with Gasteiger partial charge in [0.15, 0.2) is 0 Å². The Morgan fingerprint density at radius 3 is 2.95 bits per heavy atom. The molecule has 3 rings (SSSR count). The lowest BCUT2D eigenvalue weighted by Gasteiger charge is -2.17. The second-order valence-electron chi connectivity index (χ2n) is 5.37. The summed E-state index contributed by atoms with van der Waals surface area (Å²) in [6, 6.07) is 7.61. The van der Waals surface area contributed by atoms with Gasteiger partial charge in [0.25, 0.3) is 5.91 Å². The predicted molar refractivity (Wildman–Crippen MR) is 82.6 cm³/mol. The van der Waals surface area contributed by atoms with Gasteiger partial charge in [-0.1, -0.05) is 35.9 Å². The molecule has 1 atom stereocenters. The minimum Gasteiger partial charge on any atom is -0.384 e. The molecule has 2 heterocycles. The maximum absolute atomic E-state index is 12.7. The Balaban J connectivity index is 1.91. The molecule has 1 aromatic heterocycles. The van der Waals surface area contributed by atoms with Gasteiger partial charge >= 0.3 is 0 Å². The largest absolute Gasteiger partial charge is 0.384 e. The van der Waals surface area contributed by atoms with E-state index in [1.807, 2.05) is 29.2 Å². The van der Waals surface area contributed by atoms with Crippen LogP contribution in [0.3, 0.4) is 0 Å². The second kappa shape index (κ2) is 6.00. The van der Waals surface area contributed by atoms with Crippen LogP contribution in [-0.4, -0.2) is 42.6 Å². The van der Waals surface area contributed by atoms with Gasteiger partial charge in [0.05, 0.1) is 12.2 Å². The fourth-order valence-electron chi connectivity index (χ4n) is 2.89. The lowest BCUT2D eigenvalue weighted by molar-refractivity contribution is 0.0777. The van der Waals surface area contributed by atoms with E-state index in [0.29, 0.717) is 23.2 Å². The molecule has 0 saturated carbocycles. The van der Waals surface area contributed by atoms with E-state index in [9.17, 15) is 4.79 Å². The number of benzene rings is 1. The number of aromatic nitrogens is 1. The predicted octanol–water partition coefficient (Wildman–Crippen LogP) is 3.00. The number of nitrogens with zero attached hydrogens (tertiary/aromatic N) is 2. The van der Waals surface area contributed by atoms with Gasteiger partial charge in [0.1, 0.15) is 5.15 Å². The Labute approximate surface area is 128 Å². The SMILES string of the molecule is COCC1CCN(C(=O)c2cnc(Cl)c3ccccc23)C1.